The highest BCUT2D eigenvalue weighted by Crippen LogP contribution is 2.41. The summed E-state index contributed by atoms with van der Waals surface area (Å²) in [5.41, 5.74) is 9.82. The van der Waals surface area contributed by atoms with Crippen LogP contribution in [0, 0.1) is 6.92 Å². The number of aryl methyl sites for hydroxylation is 1. The molecule has 0 radical (unpaired) electrons. The fourth-order valence-electron chi connectivity index (χ4n) is 3.28. The van der Waals surface area contributed by atoms with Crippen molar-refractivity contribution >= 4 is 0 Å². The molecule has 0 fully saturated rings. The van der Waals surface area contributed by atoms with E-state index in [4.69, 9.17) is 0 Å². The predicted octanol–water partition coefficient (Wildman–Crippen LogP) is 5.23. The molecule has 0 N–H and O–H groups in total. The number of hydrogen-bond acceptors (Lipinski definition) is 0. The minimum atomic E-state index is 1.05. The van der Waals surface area contributed by atoms with Crippen LogP contribution in [-0.2, 0) is 6.42 Å². The van der Waals surface area contributed by atoms with Gasteiger partial charge in [-0.2, -0.15) is 0 Å². The average Bonchev–Trinajstić information content (AvgIpc) is 2.86. The van der Waals surface area contributed by atoms with E-state index < -0.39 is 0 Å². The molecule has 0 spiro atoms. The van der Waals surface area contributed by atoms with Gasteiger partial charge in [-0.05, 0) is 52.3 Å². The van der Waals surface area contributed by atoms with Gasteiger partial charge in [0.1, 0.15) is 0 Å². The van der Waals surface area contributed by atoms with Crippen molar-refractivity contribution in [1.29, 1.82) is 0 Å². The zero-order valence-corrected chi connectivity index (χ0v) is 11.6. The lowest BCUT2D eigenvalue weighted by molar-refractivity contribution is 1.26. The van der Waals surface area contributed by atoms with Gasteiger partial charge in [0.15, 0.2) is 0 Å². The Balaban J connectivity index is 1.97. The lowest BCUT2D eigenvalue weighted by Gasteiger charge is -2.11. The quantitative estimate of drug-likeness (QED) is 0.437. The number of fused-ring (bicyclic) bond motifs is 3. The van der Waals surface area contributed by atoms with E-state index in [1.165, 1.54) is 38.9 Å². The highest BCUT2D eigenvalue weighted by Gasteiger charge is 2.21. The van der Waals surface area contributed by atoms with Gasteiger partial charge in [-0.3, -0.25) is 0 Å². The molecule has 0 saturated heterocycles. The Labute approximate surface area is 119 Å². The molecule has 4 rings (SSSR count). The summed E-state index contributed by atoms with van der Waals surface area (Å²) >= 11 is 0. The monoisotopic (exact) mass is 256 g/mol. The van der Waals surface area contributed by atoms with Gasteiger partial charge < -0.3 is 0 Å². The zero-order chi connectivity index (χ0) is 13.5. The highest BCUT2D eigenvalue weighted by atomic mass is 14.2. The number of hydrogen-bond donors (Lipinski definition) is 0. The zero-order valence-electron chi connectivity index (χ0n) is 11.6. The second-order valence-electron chi connectivity index (χ2n) is 5.48. The standard InChI is InChI=1S/C20H16/c1-14-7-2-4-9-16(14)18-11-6-12-19-17-10-5-3-8-15(17)13-20(18)19/h2-12H,13H2,1H3. The van der Waals surface area contributed by atoms with Gasteiger partial charge in [-0.25, -0.2) is 0 Å². The molecule has 0 aromatic heterocycles. The van der Waals surface area contributed by atoms with Crippen molar-refractivity contribution in [2.24, 2.45) is 0 Å². The highest BCUT2D eigenvalue weighted by molar-refractivity contribution is 5.85. The van der Waals surface area contributed by atoms with Crippen molar-refractivity contribution in [2.75, 3.05) is 0 Å². The molecule has 0 heteroatoms. The molecule has 96 valence electrons. The Hall–Kier alpha value is -2.34. The molecular weight excluding hydrogens is 240 g/mol. The molecule has 1 aliphatic carbocycles. The van der Waals surface area contributed by atoms with Crippen molar-refractivity contribution in [3.63, 3.8) is 0 Å². The first-order valence-electron chi connectivity index (χ1n) is 7.11. The SMILES string of the molecule is Cc1ccccc1-c1cccc2c1Cc1ccccc1-2. The van der Waals surface area contributed by atoms with Crippen LogP contribution in [0.2, 0.25) is 0 Å². The summed E-state index contributed by atoms with van der Waals surface area (Å²) in [5.74, 6) is 0. The van der Waals surface area contributed by atoms with E-state index in [1.807, 2.05) is 0 Å². The van der Waals surface area contributed by atoms with Crippen LogP contribution in [0.15, 0.2) is 66.7 Å². The van der Waals surface area contributed by atoms with Crippen molar-refractivity contribution in [3.8, 4) is 22.3 Å². The Morgan fingerprint density at radius 2 is 1.20 bits per heavy atom. The molecule has 20 heavy (non-hydrogen) atoms. The summed E-state index contributed by atoms with van der Waals surface area (Å²) in [5, 5.41) is 0. The topological polar surface area (TPSA) is 0 Å². The van der Waals surface area contributed by atoms with Gasteiger partial charge >= 0.3 is 0 Å². The minimum absolute atomic E-state index is 1.05. The number of rotatable bonds is 1. The lowest BCUT2D eigenvalue weighted by Crippen LogP contribution is -1.90. The summed E-state index contributed by atoms with van der Waals surface area (Å²) in [6, 6.07) is 24.1. The van der Waals surface area contributed by atoms with Gasteiger partial charge in [0.05, 0.1) is 0 Å². The van der Waals surface area contributed by atoms with Crippen LogP contribution < -0.4 is 0 Å². The molecule has 0 nitrogen and oxygen atoms in total. The summed E-state index contributed by atoms with van der Waals surface area (Å²) in [7, 11) is 0. The molecule has 0 bridgehead atoms. The first-order chi connectivity index (χ1) is 9.84. The van der Waals surface area contributed by atoms with E-state index in [2.05, 4.69) is 73.7 Å². The van der Waals surface area contributed by atoms with Crippen LogP contribution >= 0.6 is 0 Å². The number of benzene rings is 3. The van der Waals surface area contributed by atoms with E-state index in [1.54, 1.807) is 0 Å². The summed E-state index contributed by atoms with van der Waals surface area (Å²) in [4.78, 5) is 0. The first-order valence-corrected chi connectivity index (χ1v) is 7.11. The van der Waals surface area contributed by atoms with Crippen molar-refractivity contribution in [3.05, 3.63) is 83.4 Å². The van der Waals surface area contributed by atoms with Crippen LogP contribution in [0.25, 0.3) is 22.3 Å². The molecule has 0 aliphatic heterocycles. The molecule has 0 amide bonds. The molecule has 0 saturated carbocycles. The average molecular weight is 256 g/mol. The van der Waals surface area contributed by atoms with E-state index in [9.17, 15) is 0 Å². The van der Waals surface area contributed by atoms with E-state index in [-0.39, 0.29) is 0 Å². The van der Waals surface area contributed by atoms with Crippen LogP contribution in [0.4, 0.5) is 0 Å². The fraction of sp³-hybridized carbons (Fsp3) is 0.100. The van der Waals surface area contributed by atoms with Crippen LogP contribution in [0.1, 0.15) is 16.7 Å². The molecule has 1 aliphatic rings. The third-order valence-corrected chi connectivity index (χ3v) is 4.29. The summed E-state index contributed by atoms with van der Waals surface area (Å²) < 4.78 is 0. The van der Waals surface area contributed by atoms with Crippen molar-refractivity contribution in [2.45, 2.75) is 13.3 Å². The minimum Gasteiger partial charge on any atom is -0.0620 e. The Morgan fingerprint density at radius 3 is 2.00 bits per heavy atom. The normalized spacial score (nSPS) is 12.1. The van der Waals surface area contributed by atoms with Crippen LogP contribution in [0.5, 0.6) is 0 Å². The maximum atomic E-state index is 2.26. The Morgan fingerprint density at radius 1 is 0.600 bits per heavy atom. The van der Waals surface area contributed by atoms with Crippen molar-refractivity contribution in [1.82, 2.24) is 0 Å². The Kier molecular flexibility index (Phi) is 2.50. The molecule has 3 aromatic carbocycles. The largest absolute Gasteiger partial charge is 0.0620 e. The maximum absolute atomic E-state index is 2.26. The van der Waals surface area contributed by atoms with Gasteiger partial charge in [0, 0.05) is 0 Å². The summed E-state index contributed by atoms with van der Waals surface area (Å²) in [6.45, 7) is 2.19. The van der Waals surface area contributed by atoms with Crippen molar-refractivity contribution < 1.29 is 0 Å². The van der Waals surface area contributed by atoms with Crippen LogP contribution in [0.3, 0.4) is 0 Å². The van der Waals surface area contributed by atoms with Gasteiger partial charge in [-0.15, -0.1) is 0 Å². The molecular formula is C20H16. The van der Waals surface area contributed by atoms with Gasteiger partial charge in [0.2, 0.25) is 0 Å². The summed E-state index contributed by atoms with van der Waals surface area (Å²) in [6.07, 6.45) is 1.05. The molecule has 0 unspecified atom stereocenters. The predicted molar refractivity (Wildman–Crippen MR) is 84.9 cm³/mol. The second kappa shape index (κ2) is 4.35. The molecule has 0 atom stereocenters. The van der Waals surface area contributed by atoms with E-state index in [0.29, 0.717) is 0 Å². The third-order valence-electron chi connectivity index (χ3n) is 4.29. The first kappa shape index (κ1) is 11.5. The van der Waals surface area contributed by atoms with E-state index in [0.717, 1.165) is 6.42 Å². The second-order valence-corrected chi connectivity index (χ2v) is 5.48. The Bertz CT molecular complexity index is 797. The van der Waals surface area contributed by atoms with Gasteiger partial charge in [0.25, 0.3) is 0 Å². The third kappa shape index (κ3) is 1.61. The molecule has 3 aromatic rings. The fourth-order valence-corrected chi connectivity index (χ4v) is 3.28. The van der Waals surface area contributed by atoms with Crippen LogP contribution in [-0.4, -0.2) is 0 Å². The maximum Gasteiger partial charge on any atom is -0.000728 e. The smallest absolute Gasteiger partial charge is 0.000728 e. The molecule has 0 heterocycles. The van der Waals surface area contributed by atoms with Gasteiger partial charge in [-0.1, -0.05) is 66.7 Å². The lowest BCUT2D eigenvalue weighted by atomic mass is 9.93. The van der Waals surface area contributed by atoms with E-state index >= 15 is 0 Å².